The van der Waals surface area contributed by atoms with Crippen LogP contribution in [-0.2, 0) is 4.79 Å². The van der Waals surface area contributed by atoms with Gasteiger partial charge in [0.25, 0.3) is 0 Å². The summed E-state index contributed by atoms with van der Waals surface area (Å²) >= 11 is 0. The Balaban J connectivity index is 5.08. The minimum Gasteiger partial charge on any atom is -0.303 e. The zero-order valence-electron chi connectivity index (χ0n) is 9.61. The fraction of sp³-hybridized carbons (Fsp3) is 0.700. The van der Waals surface area contributed by atoms with Gasteiger partial charge in [-0.3, -0.25) is 0 Å². The van der Waals surface area contributed by atoms with E-state index >= 15 is 0 Å². The zero-order valence-corrected chi connectivity index (χ0v) is 9.61. The van der Waals surface area contributed by atoms with Crippen LogP contribution in [0.5, 0.6) is 0 Å². The van der Waals surface area contributed by atoms with Crippen LogP contribution in [-0.4, -0.2) is 23.9 Å². The van der Waals surface area contributed by atoms with E-state index in [1.807, 2.05) is 27.7 Å². The van der Waals surface area contributed by atoms with Crippen molar-refractivity contribution in [1.82, 2.24) is 5.01 Å². The highest BCUT2D eigenvalue weighted by molar-refractivity contribution is 5.60. The van der Waals surface area contributed by atoms with E-state index in [9.17, 15) is 4.79 Å². The van der Waals surface area contributed by atoms with E-state index in [4.69, 9.17) is 0 Å². The lowest BCUT2D eigenvalue weighted by Gasteiger charge is -2.42. The maximum atomic E-state index is 11.0. The van der Waals surface area contributed by atoms with Crippen molar-refractivity contribution < 1.29 is 4.79 Å². The van der Waals surface area contributed by atoms with Crippen molar-refractivity contribution in [3.05, 3.63) is 12.8 Å². The van der Waals surface area contributed by atoms with Crippen molar-refractivity contribution in [3.63, 3.8) is 0 Å². The van der Waals surface area contributed by atoms with Gasteiger partial charge in [0.2, 0.25) is 0 Å². The predicted molar refractivity (Wildman–Crippen MR) is 56.7 cm³/mol. The molecule has 0 aromatic carbocycles. The van der Waals surface area contributed by atoms with E-state index in [2.05, 4.69) is 16.9 Å². The molecule has 0 aromatic heterocycles. The van der Waals surface area contributed by atoms with Gasteiger partial charge in [-0.05, 0) is 13.8 Å². The number of carbonyl (C=O) groups excluding carboxylic acids is 1. The van der Waals surface area contributed by atoms with Gasteiger partial charge >= 0.3 is 0 Å². The van der Waals surface area contributed by atoms with Crippen molar-refractivity contribution in [2.24, 2.45) is 15.8 Å². The molecule has 80 valence electrons. The first-order chi connectivity index (χ1) is 6.33. The Hall–Kier alpha value is -1.19. The molecule has 0 aliphatic heterocycles. The molecule has 0 aromatic rings. The van der Waals surface area contributed by atoms with Gasteiger partial charge in [0, 0.05) is 11.6 Å². The molecule has 0 atom stereocenters. The quantitative estimate of drug-likeness (QED) is 0.386. The van der Waals surface area contributed by atoms with Crippen LogP contribution in [0.25, 0.3) is 0 Å². The van der Waals surface area contributed by atoms with Gasteiger partial charge in [0.05, 0.1) is 12.6 Å². The second kappa shape index (κ2) is 4.35. The molecule has 0 amide bonds. The van der Waals surface area contributed by atoms with Gasteiger partial charge in [0.15, 0.2) is 0 Å². The summed E-state index contributed by atoms with van der Waals surface area (Å²) in [6, 6.07) is 0. The Morgan fingerprint density at radius 1 is 1.29 bits per heavy atom. The summed E-state index contributed by atoms with van der Waals surface area (Å²) in [6.07, 6.45) is 2.49. The molecule has 0 saturated carbocycles. The van der Waals surface area contributed by atoms with E-state index in [1.54, 1.807) is 18.3 Å². The molecule has 0 fully saturated rings. The van der Waals surface area contributed by atoms with Crippen LogP contribution in [0.2, 0.25) is 0 Å². The number of hydrogen-bond acceptors (Lipinski definition) is 3. The molecule has 4 nitrogen and oxygen atoms in total. The number of rotatable bonds is 5. The van der Waals surface area contributed by atoms with E-state index in [0.29, 0.717) is 0 Å². The maximum Gasteiger partial charge on any atom is 0.127 e. The molecular weight excluding hydrogens is 178 g/mol. The van der Waals surface area contributed by atoms with Crippen LogP contribution in [0.4, 0.5) is 0 Å². The van der Waals surface area contributed by atoms with Crippen molar-refractivity contribution in [1.29, 1.82) is 0 Å². The van der Waals surface area contributed by atoms with Crippen molar-refractivity contribution in [2.45, 2.75) is 33.2 Å². The van der Waals surface area contributed by atoms with Crippen molar-refractivity contribution >= 4 is 6.29 Å². The molecule has 0 unspecified atom stereocenters. The van der Waals surface area contributed by atoms with Crippen LogP contribution in [0.1, 0.15) is 27.7 Å². The largest absolute Gasteiger partial charge is 0.303 e. The lowest BCUT2D eigenvalue weighted by molar-refractivity contribution is -0.121. The molecule has 0 spiro atoms. The van der Waals surface area contributed by atoms with E-state index in [0.717, 1.165) is 6.29 Å². The summed E-state index contributed by atoms with van der Waals surface area (Å²) in [5.74, 6) is 0. The minimum atomic E-state index is -0.518. The molecule has 0 N–H and O–H groups in total. The maximum absolute atomic E-state index is 11.0. The summed E-state index contributed by atoms with van der Waals surface area (Å²) < 4.78 is 0. The van der Waals surface area contributed by atoms with E-state index in [1.165, 1.54) is 0 Å². The molecule has 4 heteroatoms. The highest BCUT2D eigenvalue weighted by Gasteiger charge is 2.41. The van der Waals surface area contributed by atoms with Crippen molar-refractivity contribution in [3.8, 4) is 0 Å². The Morgan fingerprint density at radius 3 is 2.07 bits per heavy atom. The van der Waals surface area contributed by atoms with E-state index < -0.39 is 11.0 Å². The average molecular weight is 197 g/mol. The number of carbonyl (C=O) groups is 1. The first-order valence-corrected chi connectivity index (χ1v) is 4.51. The molecule has 14 heavy (non-hydrogen) atoms. The highest BCUT2D eigenvalue weighted by atomic mass is 16.1. The lowest BCUT2D eigenvalue weighted by Crippen LogP contribution is -2.50. The second-order valence-corrected chi connectivity index (χ2v) is 4.22. The molecule has 0 radical (unpaired) electrons. The van der Waals surface area contributed by atoms with Gasteiger partial charge in [-0.1, -0.05) is 25.6 Å². The van der Waals surface area contributed by atoms with Crippen LogP contribution in [0.3, 0.4) is 0 Å². The highest BCUT2D eigenvalue weighted by Crippen LogP contribution is 2.34. The summed E-state index contributed by atoms with van der Waals surface area (Å²) in [6.45, 7) is 11.2. The summed E-state index contributed by atoms with van der Waals surface area (Å²) in [5.41, 5.74) is -0.967. The van der Waals surface area contributed by atoms with Gasteiger partial charge in [-0.2, -0.15) is 5.11 Å². The van der Waals surface area contributed by atoms with Gasteiger partial charge in [0.1, 0.15) is 6.29 Å². The lowest BCUT2D eigenvalue weighted by atomic mass is 9.75. The molecule has 0 heterocycles. The van der Waals surface area contributed by atoms with Crippen LogP contribution < -0.4 is 0 Å². The Labute approximate surface area is 85.7 Å². The summed E-state index contributed by atoms with van der Waals surface area (Å²) in [7, 11) is 1.58. The van der Waals surface area contributed by atoms with Crippen LogP contribution in [0, 0.1) is 5.41 Å². The molecule has 0 aliphatic carbocycles. The molecule has 0 saturated heterocycles. The van der Waals surface area contributed by atoms with Crippen LogP contribution in [0.15, 0.2) is 23.1 Å². The molecule has 0 aliphatic rings. The number of aldehydes is 1. The third kappa shape index (κ3) is 2.19. The fourth-order valence-corrected chi connectivity index (χ4v) is 0.912. The Kier molecular flexibility index (Phi) is 3.98. The SMILES string of the molecule is C=CN(N=NC)C(C)(C)C(C)(C)C=O. The fourth-order valence-electron chi connectivity index (χ4n) is 0.912. The standard InChI is InChI=1S/C10H19N3O/c1-7-13(12-11-6)10(4,5)9(2,3)8-14/h7-8H,1H2,2-6H3. The first-order valence-electron chi connectivity index (χ1n) is 4.51. The third-order valence-corrected chi connectivity index (χ3v) is 2.80. The van der Waals surface area contributed by atoms with Gasteiger partial charge < -0.3 is 4.79 Å². The third-order valence-electron chi connectivity index (χ3n) is 2.80. The summed E-state index contributed by atoms with van der Waals surface area (Å²) in [5, 5.41) is 9.19. The first kappa shape index (κ1) is 12.8. The molecule has 0 rings (SSSR count). The normalized spacial score (nSPS) is 12.9. The van der Waals surface area contributed by atoms with Gasteiger partial charge in [-0.15, -0.1) is 0 Å². The average Bonchev–Trinajstić information content (AvgIpc) is 2.13. The zero-order chi connectivity index (χ0) is 11.4. The second-order valence-electron chi connectivity index (χ2n) is 4.22. The topological polar surface area (TPSA) is 45.0 Å². The molecule has 0 bridgehead atoms. The van der Waals surface area contributed by atoms with Crippen molar-refractivity contribution in [2.75, 3.05) is 7.05 Å². The minimum absolute atomic E-state index is 0.448. The predicted octanol–water partition coefficient (Wildman–Crippen LogP) is 2.43. The monoisotopic (exact) mass is 197 g/mol. The molecular formula is C10H19N3O. The smallest absolute Gasteiger partial charge is 0.127 e. The van der Waals surface area contributed by atoms with Crippen LogP contribution >= 0.6 is 0 Å². The van der Waals surface area contributed by atoms with E-state index in [-0.39, 0.29) is 0 Å². The van der Waals surface area contributed by atoms with Gasteiger partial charge in [-0.25, -0.2) is 5.01 Å². The summed E-state index contributed by atoms with van der Waals surface area (Å²) in [4.78, 5) is 11.0. The number of nitrogens with zero attached hydrogens (tertiary/aromatic N) is 3. The Bertz CT molecular complexity index is 244. The Morgan fingerprint density at radius 2 is 1.79 bits per heavy atom. The number of hydrogen-bond donors (Lipinski definition) is 0.